The molecule has 0 aromatic heterocycles. The first-order valence-corrected chi connectivity index (χ1v) is 11.1. The van der Waals surface area contributed by atoms with E-state index in [1.165, 1.54) is 76.2 Å². The number of unbranched alkanes of at least 4 members (excludes halogenated alkanes) is 1. The number of benzene rings is 1. The minimum Gasteiger partial charge on any atom is -0.216 e. The molecule has 0 heterocycles. The molecule has 0 aliphatic heterocycles. The van der Waals surface area contributed by atoms with Crippen LogP contribution in [0.1, 0.15) is 94.6 Å². The molecule has 26 heavy (non-hydrogen) atoms. The van der Waals surface area contributed by atoms with Gasteiger partial charge in [0.2, 0.25) is 0 Å². The second-order valence-corrected chi connectivity index (χ2v) is 8.84. The highest BCUT2D eigenvalue weighted by Gasteiger charge is 2.30. The average molecular weight is 357 g/mol. The van der Waals surface area contributed by atoms with Crippen LogP contribution in [-0.2, 0) is 6.42 Å². The van der Waals surface area contributed by atoms with Crippen molar-refractivity contribution in [2.45, 2.75) is 89.9 Å². The largest absolute Gasteiger partial charge is 0.216 e. The van der Waals surface area contributed by atoms with Crippen LogP contribution < -0.4 is 0 Å². The van der Waals surface area contributed by atoms with E-state index in [0.717, 1.165) is 36.4 Å². The molecule has 0 N–H and O–H groups in total. The fourth-order valence-electron chi connectivity index (χ4n) is 5.40. The lowest BCUT2D eigenvalue weighted by Gasteiger charge is -2.38. The smallest absolute Gasteiger partial charge is 0.0827 e. The van der Waals surface area contributed by atoms with Crippen LogP contribution in [-0.4, -0.2) is 0 Å². The van der Waals surface area contributed by atoms with Crippen LogP contribution in [0.25, 0.3) is 0 Å². The number of hydrogen-bond acceptors (Lipinski definition) is 0. The molecule has 0 saturated heterocycles. The lowest BCUT2D eigenvalue weighted by atomic mass is 9.68. The molecule has 0 radical (unpaired) electrons. The van der Waals surface area contributed by atoms with E-state index < -0.39 is 0 Å². The zero-order chi connectivity index (χ0) is 18.2. The molecule has 0 atom stereocenters. The summed E-state index contributed by atoms with van der Waals surface area (Å²) in [5.74, 6) is 3.42. The fraction of sp³-hybridized carbons (Fsp3) is 0.680. The van der Waals surface area contributed by atoms with Crippen LogP contribution in [0.4, 0.5) is 4.39 Å². The standard InChI is InChI=1S/C25H37F/c1-2-3-5-20-7-11-22(12-8-20)24-15-17-25(18-16-24)23-13-9-21(10-14-23)6-4-19-26/h4,7-8,11-12,19,21,23-25H,2-3,5-6,9-10,13-18H2,1H3. The molecule has 0 spiro atoms. The molecule has 2 aliphatic rings. The van der Waals surface area contributed by atoms with Crippen molar-refractivity contribution >= 4 is 0 Å². The van der Waals surface area contributed by atoms with Crippen molar-refractivity contribution in [2.75, 3.05) is 0 Å². The Morgan fingerprint density at radius 2 is 1.50 bits per heavy atom. The SMILES string of the molecule is CCCCc1ccc(C2CCC(C3CCC(CC=CF)CC3)CC2)cc1. The van der Waals surface area contributed by atoms with Crippen molar-refractivity contribution in [3.8, 4) is 0 Å². The zero-order valence-corrected chi connectivity index (χ0v) is 16.6. The maximum absolute atomic E-state index is 12.2. The Morgan fingerprint density at radius 1 is 0.885 bits per heavy atom. The van der Waals surface area contributed by atoms with Crippen LogP contribution >= 0.6 is 0 Å². The summed E-state index contributed by atoms with van der Waals surface area (Å²) in [6.45, 7) is 2.26. The first-order chi connectivity index (χ1) is 12.8. The van der Waals surface area contributed by atoms with E-state index in [1.807, 2.05) is 0 Å². The van der Waals surface area contributed by atoms with Gasteiger partial charge >= 0.3 is 0 Å². The number of allylic oxidation sites excluding steroid dienone is 1. The second-order valence-electron chi connectivity index (χ2n) is 8.84. The Labute approximate surface area is 160 Å². The summed E-state index contributed by atoms with van der Waals surface area (Å²) in [4.78, 5) is 0. The number of hydrogen-bond donors (Lipinski definition) is 0. The first-order valence-electron chi connectivity index (χ1n) is 11.1. The van der Waals surface area contributed by atoms with Gasteiger partial charge in [0.1, 0.15) is 0 Å². The van der Waals surface area contributed by atoms with Crippen molar-refractivity contribution in [1.29, 1.82) is 0 Å². The Bertz CT molecular complexity index is 528. The van der Waals surface area contributed by atoms with Gasteiger partial charge in [-0.05, 0) is 105 Å². The normalized spacial score (nSPS) is 29.9. The van der Waals surface area contributed by atoms with Gasteiger partial charge in [-0.3, -0.25) is 0 Å². The molecule has 1 heteroatoms. The molecule has 0 amide bonds. The van der Waals surface area contributed by atoms with E-state index in [1.54, 1.807) is 11.6 Å². The highest BCUT2D eigenvalue weighted by atomic mass is 19.1. The molecule has 0 nitrogen and oxygen atoms in total. The Kier molecular flexibility index (Phi) is 7.77. The van der Waals surface area contributed by atoms with Gasteiger partial charge in [0, 0.05) is 0 Å². The molecule has 1 aromatic rings. The molecule has 2 fully saturated rings. The van der Waals surface area contributed by atoms with Crippen molar-refractivity contribution in [2.24, 2.45) is 17.8 Å². The van der Waals surface area contributed by atoms with Crippen LogP contribution in [0.3, 0.4) is 0 Å². The van der Waals surface area contributed by atoms with Crippen molar-refractivity contribution in [3.63, 3.8) is 0 Å². The van der Waals surface area contributed by atoms with Crippen LogP contribution in [0.2, 0.25) is 0 Å². The third kappa shape index (κ3) is 5.44. The van der Waals surface area contributed by atoms with E-state index in [-0.39, 0.29) is 0 Å². The topological polar surface area (TPSA) is 0 Å². The van der Waals surface area contributed by atoms with E-state index >= 15 is 0 Å². The van der Waals surface area contributed by atoms with E-state index in [4.69, 9.17) is 0 Å². The van der Waals surface area contributed by atoms with Crippen molar-refractivity contribution < 1.29 is 4.39 Å². The average Bonchev–Trinajstić information content (AvgIpc) is 2.72. The van der Waals surface area contributed by atoms with E-state index in [0.29, 0.717) is 0 Å². The Morgan fingerprint density at radius 3 is 2.08 bits per heavy atom. The highest BCUT2D eigenvalue weighted by molar-refractivity contribution is 5.26. The predicted octanol–water partition coefficient (Wildman–Crippen LogP) is 7.98. The monoisotopic (exact) mass is 356 g/mol. The number of rotatable bonds is 7. The van der Waals surface area contributed by atoms with Crippen molar-refractivity contribution in [3.05, 3.63) is 47.8 Å². The van der Waals surface area contributed by atoms with Gasteiger partial charge in [0.05, 0.1) is 6.33 Å². The quantitative estimate of drug-likeness (QED) is 0.464. The van der Waals surface area contributed by atoms with E-state index in [2.05, 4.69) is 31.2 Å². The zero-order valence-electron chi connectivity index (χ0n) is 16.6. The maximum Gasteiger partial charge on any atom is 0.0827 e. The van der Waals surface area contributed by atoms with Gasteiger partial charge in [0.15, 0.2) is 0 Å². The van der Waals surface area contributed by atoms with Crippen molar-refractivity contribution in [1.82, 2.24) is 0 Å². The summed E-state index contributed by atoms with van der Waals surface area (Å²) in [5, 5.41) is 0. The maximum atomic E-state index is 12.2. The summed E-state index contributed by atoms with van der Waals surface area (Å²) in [6.07, 6.45) is 18.2. The third-order valence-electron chi connectivity index (χ3n) is 7.16. The van der Waals surface area contributed by atoms with Gasteiger partial charge in [-0.15, -0.1) is 0 Å². The molecule has 0 unspecified atom stereocenters. The number of aryl methyl sites for hydroxylation is 1. The third-order valence-corrected chi connectivity index (χ3v) is 7.16. The van der Waals surface area contributed by atoms with Gasteiger partial charge < -0.3 is 0 Å². The minimum absolute atomic E-state index is 0.726. The molecule has 144 valence electrons. The van der Waals surface area contributed by atoms with Crippen LogP contribution in [0.5, 0.6) is 0 Å². The summed E-state index contributed by atoms with van der Waals surface area (Å²) >= 11 is 0. The van der Waals surface area contributed by atoms with Gasteiger partial charge in [-0.1, -0.05) is 43.7 Å². The predicted molar refractivity (Wildman–Crippen MR) is 110 cm³/mol. The lowest BCUT2D eigenvalue weighted by Crippen LogP contribution is -2.25. The fourth-order valence-corrected chi connectivity index (χ4v) is 5.40. The number of halogens is 1. The van der Waals surface area contributed by atoms with Gasteiger partial charge in [0.25, 0.3) is 0 Å². The molecular weight excluding hydrogens is 319 g/mol. The molecule has 0 bridgehead atoms. The molecule has 2 saturated carbocycles. The summed E-state index contributed by atoms with van der Waals surface area (Å²) in [7, 11) is 0. The van der Waals surface area contributed by atoms with Crippen LogP contribution in [0, 0.1) is 17.8 Å². The van der Waals surface area contributed by atoms with Gasteiger partial charge in [-0.2, -0.15) is 0 Å². The molecule has 1 aromatic carbocycles. The van der Waals surface area contributed by atoms with Crippen LogP contribution in [0.15, 0.2) is 36.7 Å². The summed E-state index contributed by atoms with van der Waals surface area (Å²) in [5.41, 5.74) is 3.08. The first kappa shape index (κ1) is 19.6. The van der Waals surface area contributed by atoms with Gasteiger partial charge in [-0.25, -0.2) is 4.39 Å². The second kappa shape index (κ2) is 10.3. The minimum atomic E-state index is 0.726. The molecule has 2 aliphatic carbocycles. The Hall–Kier alpha value is -1.11. The molecule has 3 rings (SSSR count). The summed E-state index contributed by atoms with van der Waals surface area (Å²) in [6, 6.07) is 9.54. The Balaban J connectivity index is 1.43. The summed E-state index contributed by atoms with van der Waals surface area (Å²) < 4.78 is 12.2. The molecular formula is C25H37F. The lowest BCUT2D eigenvalue weighted by molar-refractivity contribution is 0.160. The highest BCUT2D eigenvalue weighted by Crippen LogP contribution is 2.44. The van der Waals surface area contributed by atoms with E-state index in [9.17, 15) is 4.39 Å².